The number of rotatable bonds is 9. The summed E-state index contributed by atoms with van der Waals surface area (Å²) in [4.78, 5) is 20.7. The molecule has 0 aliphatic heterocycles. The number of non-ortho nitro benzene ring substituents is 1. The fraction of sp³-hybridized carbons (Fsp3) is 0.571. The molecule has 0 radical (unpaired) electrons. The van der Waals surface area contributed by atoms with Gasteiger partial charge in [0.25, 0.3) is 11.4 Å². The molecule has 0 fully saturated rings. The van der Waals surface area contributed by atoms with Gasteiger partial charge in [0, 0.05) is 17.7 Å². The monoisotopic (exact) mass is 295 g/mol. The second-order valence-corrected chi connectivity index (χ2v) is 4.97. The van der Waals surface area contributed by atoms with Gasteiger partial charge in [-0.25, -0.2) is 0 Å². The number of hydrogen-bond donors (Lipinski definition) is 1. The van der Waals surface area contributed by atoms with Crippen molar-refractivity contribution in [1.82, 2.24) is 5.32 Å². The second-order valence-electron chi connectivity index (χ2n) is 4.97. The highest BCUT2D eigenvalue weighted by Crippen LogP contribution is 2.26. The average molecular weight is 295 g/mol. The van der Waals surface area contributed by atoms with Gasteiger partial charge in [-0.1, -0.05) is 20.3 Å². The third kappa shape index (κ3) is 5.11. The predicted octanol–water partition coefficient (Wildman–Crippen LogP) is 3.21. The van der Waals surface area contributed by atoms with Crippen LogP contribution in [0.2, 0.25) is 0 Å². The standard InChI is InChI=1S/C14H21N3O4/c1-3-5-12(15-8-4-2)9-11-6-7-13(16(18)19)10-14(11)17(20)21/h6-7,10,12,15H,3-5,8-9H2,1-2H3. The Kier molecular flexibility index (Phi) is 6.74. The van der Waals surface area contributed by atoms with E-state index in [2.05, 4.69) is 19.2 Å². The van der Waals surface area contributed by atoms with Crippen LogP contribution >= 0.6 is 0 Å². The van der Waals surface area contributed by atoms with Crippen LogP contribution in [0.25, 0.3) is 0 Å². The van der Waals surface area contributed by atoms with Gasteiger partial charge in [0.2, 0.25) is 0 Å². The topological polar surface area (TPSA) is 98.3 Å². The molecule has 116 valence electrons. The zero-order chi connectivity index (χ0) is 15.8. The first-order valence-corrected chi connectivity index (χ1v) is 7.14. The molecule has 0 saturated carbocycles. The first-order valence-electron chi connectivity index (χ1n) is 7.14. The summed E-state index contributed by atoms with van der Waals surface area (Å²) in [7, 11) is 0. The van der Waals surface area contributed by atoms with E-state index in [1.54, 1.807) is 0 Å². The smallest absolute Gasteiger partial charge is 0.279 e. The van der Waals surface area contributed by atoms with Gasteiger partial charge in [0.1, 0.15) is 0 Å². The molecule has 0 aliphatic rings. The van der Waals surface area contributed by atoms with Crippen molar-refractivity contribution < 1.29 is 9.85 Å². The molecule has 0 bridgehead atoms. The Morgan fingerprint density at radius 2 is 1.86 bits per heavy atom. The molecule has 1 unspecified atom stereocenters. The Hall–Kier alpha value is -2.02. The van der Waals surface area contributed by atoms with E-state index in [1.165, 1.54) is 12.1 Å². The summed E-state index contributed by atoms with van der Waals surface area (Å²) in [5.74, 6) is 0. The maximum absolute atomic E-state index is 11.1. The first kappa shape index (κ1) is 17.0. The van der Waals surface area contributed by atoms with Gasteiger partial charge < -0.3 is 5.32 Å². The fourth-order valence-electron chi connectivity index (χ4n) is 2.25. The molecular formula is C14H21N3O4. The van der Waals surface area contributed by atoms with Crippen molar-refractivity contribution in [3.8, 4) is 0 Å². The lowest BCUT2D eigenvalue weighted by atomic mass is 10.00. The Balaban J connectivity index is 2.99. The number of benzene rings is 1. The summed E-state index contributed by atoms with van der Waals surface area (Å²) < 4.78 is 0. The molecule has 1 aromatic carbocycles. The fourth-order valence-corrected chi connectivity index (χ4v) is 2.25. The SMILES string of the molecule is CCCNC(CCC)Cc1ccc([N+](=O)[O-])cc1[N+](=O)[O-]. The molecule has 0 amide bonds. The third-order valence-electron chi connectivity index (χ3n) is 3.26. The summed E-state index contributed by atoms with van der Waals surface area (Å²) in [6, 6.07) is 4.01. The van der Waals surface area contributed by atoms with E-state index in [0.29, 0.717) is 12.0 Å². The lowest BCUT2D eigenvalue weighted by Gasteiger charge is -2.17. The minimum Gasteiger partial charge on any atom is -0.314 e. The van der Waals surface area contributed by atoms with Crippen LogP contribution in [-0.2, 0) is 6.42 Å². The molecule has 1 N–H and O–H groups in total. The average Bonchev–Trinajstić information content (AvgIpc) is 2.44. The molecule has 0 saturated heterocycles. The quantitative estimate of drug-likeness (QED) is 0.557. The van der Waals surface area contributed by atoms with Crippen molar-refractivity contribution >= 4 is 11.4 Å². The molecule has 7 heteroatoms. The third-order valence-corrected chi connectivity index (χ3v) is 3.26. The zero-order valence-electron chi connectivity index (χ0n) is 12.4. The highest BCUT2D eigenvalue weighted by Gasteiger charge is 2.21. The minimum atomic E-state index is -0.615. The van der Waals surface area contributed by atoms with Gasteiger partial charge in [-0.2, -0.15) is 0 Å². The van der Waals surface area contributed by atoms with Gasteiger partial charge >= 0.3 is 0 Å². The molecule has 1 aromatic rings. The van der Waals surface area contributed by atoms with E-state index in [-0.39, 0.29) is 17.4 Å². The molecule has 1 atom stereocenters. The number of nitro benzene ring substituents is 2. The molecule has 1 rings (SSSR count). The van der Waals surface area contributed by atoms with Crippen LogP contribution in [0.15, 0.2) is 18.2 Å². The Labute approximate surface area is 123 Å². The molecule has 7 nitrogen and oxygen atoms in total. The summed E-state index contributed by atoms with van der Waals surface area (Å²) in [6.07, 6.45) is 3.38. The lowest BCUT2D eigenvalue weighted by Crippen LogP contribution is -2.31. The summed E-state index contributed by atoms with van der Waals surface area (Å²) in [5.41, 5.74) is 0.107. The number of hydrogen-bond acceptors (Lipinski definition) is 5. The molecule has 0 aliphatic carbocycles. The van der Waals surface area contributed by atoms with Gasteiger partial charge in [0.15, 0.2) is 0 Å². The first-order chi connectivity index (χ1) is 9.99. The highest BCUT2D eigenvalue weighted by molar-refractivity contribution is 5.49. The molecule has 0 spiro atoms. The van der Waals surface area contributed by atoms with E-state index in [1.807, 2.05) is 0 Å². The van der Waals surface area contributed by atoms with Crippen molar-refractivity contribution in [3.63, 3.8) is 0 Å². The highest BCUT2D eigenvalue weighted by atomic mass is 16.6. The summed E-state index contributed by atoms with van der Waals surface area (Å²) in [6.45, 7) is 4.97. The van der Waals surface area contributed by atoms with Gasteiger partial charge in [-0.05, 0) is 31.9 Å². The van der Waals surface area contributed by atoms with Crippen LogP contribution in [0.1, 0.15) is 38.7 Å². The number of nitrogens with zero attached hydrogens (tertiary/aromatic N) is 2. The molecule has 0 aromatic heterocycles. The van der Waals surface area contributed by atoms with Crippen LogP contribution < -0.4 is 5.32 Å². The van der Waals surface area contributed by atoms with Crippen molar-refractivity contribution in [1.29, 1.82) is 0 Å². The maximum Gasteiger partial charge on any atom is 0.279 e. The summed E-state index contributed by atoms with van der Waals surface area (Å²) in [5, 5.41) is 25.2. The van der Waals surface area contributed by atoms with E-state index < -0.39 is 9.85 Å². The van der Waals surface area contributed by atoms with E-state index in [0.717, 1.165) is 31.9 Å². The van der Waals surface area contributed by atoms with Gasteiger partial charge in [-0.3, -0.25) is 20.2 Å². The van der Waals surface area contributed by atoms with Gasteiger partial charge in [-0.15, -0.1) is 0 Å². The number of nitrogens with one attached hydrogen (secondary N) is 1. The van der Waals surface area contributed by atoms with E-state index in [4.69, 9.17) is 0 Å². The zero-order valence-corrected chi connectivity index (χ0v) is 12.4. The van der Waals surface area contributed by atoms with Crippen molar-refractivity contribution in [2.45, 2.75) is 45.6 Å². The van der Waals surface area contributed by atoms with Crippen molar-refractivity contribution in [2.24, 2.45) is 0 Å². The van der Waals surface area contributed by atoms with E-state index in [9.17, 15) is 20.2 Å². The summed E-state index contributed by atoms with van der Waals surface area (Å²) >= 11 is 0. The lowest BCUT2D eigenvalue weighted by molar-refractivity contribution is -0.394. The van der Waals surface area contributed by atoms with Crippen molar-refractivity contribution in [3.05, 3.63) is 44.0 Å². The maximum atomic E-state index is 11.1. The van der Waals surface area contributed by atoms with Crippen LogP contribution in [-0.4, -0.2) is 22.4 Å². The van der Waals surface area contributed by atoms with Gasteiger partial charge in [0.05, 0.1) is 15.9 Å². The molecule has 0 heterocycles. The molecule has 21 heavy (non-hydrogen) atoms. The van der Waals surface area contributed by atoms with Crippen molar-refractivity contribution in [2.75, 3.05) is 6.54 Å². The van der Waals surface area contributed by atoms with Crippen LogP contribution in [0.4, 0.5) is 11.4 Å². The Morgan fingerprint density at radius 3 is 2.38 bits per heavy atom. The van der Waals surface area contributed by atoms with Crippen LogP contribution in [0.5, 0.6) is 0 Å². The van der Waals surface area contributed by atoms with Crippen LogP contribution in [0.3, 0.4) is 0 Å². The second kappa shape index (κ2) is 8.31. The predicted molar refractivity (Wildman–Crippen MR) is 80.4 cm³/mol. The minimum absolute atomic E-state index is 0.148. The molecular weight excluding hydrogens is 274 g/mol. The van der Waals surface area contributed by atoms with Crippen LogP contribution in [0, 0.1) is 20.2 Å². The number of nitro groups is 2. The van der Waals surface area contributed by atoms with E-state index >= 15 is 0 Å². The Morgan fingerprint density at radius 1 is 1.14 bits per heavy atom. The largest absolute Gasteiger partial charge is 0.314 e. The Bertz CT molecular complexity index is 505. The normalized spacial score (nSPS) is 12.1.